The second-order valence-corrected chi connectivity index (χ2v) is 7.69. The number of alkyl halides is 2. The Labute approximate surface area is 197 Å². The molecule has 7 heteroatoms. The van der Waals surface area contributed by atoms with E-state index in [1.54, 1.807) is 19.9 Å². The van der Waals surface area contributed by atoms with E-state index in [9.17, 15) is 18.4 Å². The Morgan fingerprint density at radius 1 is 0.735 bits per heavy atom. The third-order valence-corrected chi connectivity index (χ3v) is 5.22. The third kappa shape index (κ3) is 6.75. The second kappa shape index (κ2) is 11.7. The van der Waals surface area contributed by atoms with Gasteiger partial charge in [-0.25, -0.2) is 0 Å². The Morgan fingerprint density at radius 3 is 1.65 bits per heavy atom. The summed E-state index contributed by atoms with van der Waals surface area (Å²) in [5, 5.41) is 5.63. The van der Waals surface area contributed by atoms with Gasteiger partial charge in [0, 0.05) is 5.56 Å². The molecule has 0 radical (unpaired) electrons. The van der Waals surface area contributed by atoms with Crippen molar-refractivity contribution in [2.45, 2.75) is 32.5 Å². The number of carbonyl (C=O) groups excluding carboxylic acids is 2. The van der Waals surface area contributed by atoms with Crippen LogP contribution in [0.1, 0.15) is 42.6 Å². The second-order valence-electron chi connectivity index (χ2n) is 7.69. The fourth-order valence-electron chi connectivity index (χ4n) is 3.39. The minimum atomic E-state index is -3.04. The zero-order chi connectivity index (χ0) is 24.5. The van der Waals surface area contributed by atoms with Crippen LogP contribution in [0.3, 0.4) is 0 Å². The predicted molar refractivity (Wildman–Crippen MR) is 127 cm³/mol. The highest BCUT2D eigenvalue weighted by molar-refractivity contribution is 6.22. The molecule has 0 saturated heterocycles. The first kappa shape index (κ1) is 24.6. The molecule has 2 amide bonds. The summed E-state index contributed by atoms with van der Waals surface area (Å²) in [4.78, 5) is 26.4. The molecule has 0 aliphatic heterocycles. The number of para-hydroxylation sites is 1. The quantitative estimate of drug-likeness (QED) is 0.252. The Kier molecular flexibility index (Phi) is 8.51. The first-order valence-corrected chi connectivity index (χ1v) is 10.8. The van der Waals surface area contributed by atoms with Gasteiger partial charge in [-0.15, -0.1) is 0 Å². The van der Waals surface area contributed by atoms with Gasteiger partial charge in [-0.2, -0.15) is 8.78 Å². The molecule has 3 aromatic rings. The molecule has 0 saturated carbocycles. The molecule has 0 aromatic heterocycles. The molecular weight excluding hydrogens is 438 g/mol. The summed E-state index contributed by atoms with van der Waals surface area (Å²) in [5.74, 6) is -1.41. The maximum absolute atomic E-state index is 13.2. The minimum Gasteiger partial charge on any atom is -0.434 e. The molecule has 0 spiro atoms. The van der Waals surface area contributed by atoms with Crippen LogP contribution in [0.2, 0.25) is 0 Å². The van der Waals surface area contributed by atoms with Gasteiger partial charge in [0.15, 0.2) is 0 Å². The van der Waals surface area contributed by atoms with Crippen LogP contribution >= 0.6 is 0 Å². The highest BCUT2D eigenvalue weighted by atomic mass is 19.3. The number of benzene rings is 3. The van der Waals surface area contributed by atoms with Crippen molar-refractivity contribution in [3.8, 4) is 5.75 Å². The van der Waals surface area contributed by atoms with E-state index in [4.69, 9.17) is 0 Å². The maximum atomic E-state index is 13.2. The first-order valence-electron chi connectivity index (χ1n) is 10.8. The van der Waals surface area contributed by atoms with Gasteiger partial charge in [0.05, 0.1) is 12.1 Å². The van der Waals surface area contributed by atoms with Gasteiger partial charge >= 0.3 is 6.61 Å². The van der Waals surface area contributed by atoms with Crippen LogP contribution in [0.25, 0.3) is 6.08 Å². The average molecular weight is 465 g/mol. The van der Waals surface area contributed by atoms with E-state index in [0.717, 1.165) is 11.1 Å². The van der Waals surface area contributed by atoms with E-state index >= 15 is 0 Å². The van der Waals surface area contributed by atoms with E-state index in [-0.39, 0.29) is 29.0 Å². The molecule has 0 fully saturated rings. The van der Waals surface area contributed by atoms with Crippen molar-refractivity contribution in [2.75, 3.05) is 0 Å². The summed E-state index contributed by atoms with van der Waals surface area (Å²) >= 11 is 0. The molecular formula is C27H26F2N2O3. The van der Waals surface area contributed by atoms with E-state index in [1.165, 1.54) is 24.3 Å². The van der Waals surface area contributed by atoms with E-state index in [1.807, 2.05) is 60.7 Å². The van der Waals surface area contributed by atoms with Gasteiger partial charge in [-0.3, -0.25) is 9.59 Å². The average Bonchev–Trinajstić information content (AvgIpc) is 2.84. The maximum Gasteiger partial charge on any atom is 0.387 e. The smallest absolute Gasteiger partial charge is 0.387 e. The molecule has 5 nitrogen and oxygen atoms in total. The minimum absolute atomic E-state index is 0.136. The topological polar surface area (TPSA) is 67.4 Å². The van der Waals surface area contributed by atoms with Crippen LogP contribution in [0.5, 0.6) is 5.75 Å². The zero-order valence-corrected chi connectivity index (χ0v) is 18.9. The van der Waals surface area contributed by atoms with Crippen molar-refractivity contribution in [3.63, 3.8) is 0 Å². The molecule has 0 aliphatic carbocycles. The van der Waals surface area contributed by atoms with Crippen LogP contribution in [-0.2, 0) is 9.59 Å². The van der Waals surface area contributed by atoms with Gasteiger partial charge in [0.2, 0.25) is 0 Å². The number of ether oxygens (including phenoxy) is 1. The molecule has 0 heterocycles. The Morgan fingerprint density at radius 2 is 1.18 bits per heavy atom. The highest BCUT2D eigenvalue weighted by Crippen LogP contribution is 2.24. The number of nitrogens with one attached hydrogen (secondary N) is 2. The van der Waals surface area contributed by atoms with Crippen molar-refractivity contribution in [3.05, 3.63) is 107 Å². The molecule has 0 unspecified atom stereocenters. The van der Waals surface area contributed by atoms with Gasteiger partial charge < -0.3 is 15.4 Å². The van der Waals surface area contributed by atoms with Crippen molar-refractivity contribution < 1.29 is 23.1 Å². The van der Waals surface area contributed by atoms with E-state index in [2.05, 4.69) is 15.4 Å². The lowest BCUT2D eigenvalue weighted by molar-refractivity contribution is -0.124. The van der Waals surface area contributed by atoms with Crippen LogP contribution in [0.4, 0.5) is 8.78 Å². The number of carbonyl (C=O) groups is 2. The molecule has 3 rings (SSSR count). The zero-order valence-electron chi connectivity index (χ0n) is 18.9. The normalized spacial score (nSPS) is 12.4. The summed E-state index contributed by atoms with van der Waals surface area (Å²) < 4.78 is 30.3. The van der Waals surface area contributed by atoms with Crippen molar-refractivity contribution in [1.82, 2.24) is 10.6 Å². The van der Waals surface area contributed by atoms with Gasteiger partial charge in [0.25, 0.3) is 11.8 Å². The summed E-state index contributed by atoms with van der Waals surface area (Å²) in [6.07, 6.45) is 1.26. The molecule has 2 N–H and O–H groups in total. The van der Waals surface area contributed by atoms with E-state index in [0.29, 0.717) is 0 Å². The van der Waals surface area contributed by atoms with Crippen LogP contribution in [0, 0.1) is 0 Å². The highest BCUT2D eigenvalue weighted by Gasteiger charge is 2.23. The number of amides is 2. The van der Waals surface area contributed by atoms with Crippen LogP contribution in [0.15, 0.2) is 90.5 Å². The van der Waals surface area contributed by atoms with Crippen molar-refractivity contribution >= 4 is 17.9 Å². The van der Waals surface area contributed by atoms with Crippen LogP contribution < -0.4 is 15.4 Å². The summed E-state index contributed by atoms with van der Waals surface area (Å²) in [7, 11) is 0. The molecule has 0 bridgehead atoms. The Bertz CT molecular complexity index is 1070. The number of rotatable bonds is 9. The van der Waals surface area contributed by atoms with Crippen LogP contribution in [-0.4, -0.2) is 18.4 Å². The SMILES string of the molecule is C[C@H](NC(=O)C(=Cc1ccccc1OC(F)F)C(=O)N[C@@H](C)c1ccccc1)c1ccccc1. The van der Waals surface area contributed by atoms with Gasteiger partial charge in [-0.05, 0) is 37.1 Å². The number of hydrogen-bond acceptors (Lipinski definition) is 3. The molecule has 3 aromatic carbocycles. The lowest BCUT2D eigenvalue weighted by atomic mass is 10.0. The third-order valence-electron chi connectivity index (χ3n) is 5.22. The summed E-state index contributed by atoms with van der Waals surface area (Å²) in [6.45, 7) is 0.545. The molecule has 34 heavy (non-hydrogen) atoms. The van der Waals surface area contributed by atoms with Gasteiger partial charge in [-0.1, -0.05) is 78.9 Å². The molecule has 0 aliphatic rings. The van der Waals surface area contributed by atoms with Gasteiger partial charge in [0.1, 0.15) is 11.3 Å². The molecule has 176 valence electrons. The van der Waals surface area contributed by atoms with E-state index < -0.39 is 18.4 Å². The van der Waals surface area contributed by atoms with Crippen molar-refractivity contribution in [1.29, 1.82) is 0 Å². The monoisotopic (exact) mass is 464 g/mol. The standard InChI is InChI=1S/C27H26F2N2O3/c1-18(20-11-5-3-6-12-20)30-25(32)23(17-22-15-9-10-16-24(22)34-27(28)29)26(33)31-19(2)21-13-7-4-8-14-21/h3-19,27H,1-2H3,(H,30,32)(H,31,33)/t18-,19-/m0/s1. The predicted octanol–water partition coefficient (Wildman–Crippen LogP) is 5.43. The van der Waals surface area contributed by atoms with Crippen molar-refractivity contribution in [2.24, 2.45) is 0 Å². The Hall–Kier alpha value is -4.00. The number of hydrogen-bond donors (Lipinski definition) is 2. The summed E-state index contributed by atoms with van der Waals surface area (Å²) in [6, 6.07) is 23.8. The lowest BCUT2D eigenvalue weighted by Gasteiger charge is -2.19. The Balaban J connectivity index is 1.92. The molecule has 2 atom stereocenters. The number of halogens is 2. The summed E-state index contributed by atoms with van der Waals surface area (Å²) in [5.41, 5.74) is 1.67. The largest absolute Gasteiger partial charge is 0.434 e. The fourth-order valence-corrected chi connectivity index (χ4v) is 3.39. The first-order chi connectivity index (χ1) is 16.3. The lowest BCUT2D eigenvalue weighted by Crippen LogP contribution is -2.36. The fraction of sp³-hybridized carbons (Fsp3) is 0.185.